The Balaban J connectivity index is 1.32. The molecule has 0 unspecified atom stereocenters. The molecule has 0 saturated carbocycles. The minimum atomic E-state index is 0.566. The molecule has 5 aromatic rings. The Morgan fingerprint density at radius 2 is 1.88 bits per heavy atom. The van der Waals surface area contributed by atoms with Crippen molar-refractivity contribution in [2.45, 2.75) is 19.3 Å². The van der Waals surface area contributed by atoms with Gasteiger partial charge in [0.15, 0.2) is 11.3 Å². The Bertz CT molecular complexity index is 1440. The van der Waals surface area contributed by atoms with Gasteiger partial charge in [0, 0.05) is 43.8 Å². The third-order valence-corrected chi connectivity index (χ3v) is 5.39. The molecule has 0 aliphatic carbocycles. The molecule has 7 nitrogen and oxygen atoms in total. The standard InChI is InChI=1S/C25H22N6O/c1-30(2)20-10-7-18(8-11-20)5-3-6-22-21-13-15-26-23(24(21)32-29-22)12-9-19-17-28-31-16-4-14-27-25(19)31/h4,7-8,10-11,13-17H,3,5-6H2,1-2H3. The summed E-state index contributed by atoms with van der Waals surface area (Å²) in [6.07, 6.45) is 9.82. The highest BCUT2D eigenvalue weighted by Crippen LogP contribution is 2.22. The summed E-state index contributed by atoms with van der Waals surface area (Å²) in [6, 6.07) is 12.4. The lowest BCUT2D eigenvalue weighted by molar-refractivity contribution is 0.443. The zero-order chi connectivity index (χ0) is 21.9. The van der Waals surface area contributed by atoms with E-state index in [0.29, 0.717) is 16.9 Å². The van der Waals surface area contributed by atoms with E-state index < -0.39 is 0 Å². The molecule has 0 atom stereocenters. The molecule has 0 aliphatic heterocycles. The molecule has 0 amide bonds. The fourth-order valence-electron chi connectivity index (χ4n) is 3.65. The predicted octanol–water partition coefficient (Wildman–Crippen LogP) is 3.91. The lowest BCUT2D eigenvalue weighted by Gasteiger charge is -2.12. The van der Waals surface area contributed by atoms with E-state index in [1.54, 1.807) is 23.1 Å². The number of nitrogens with zero attached hydrogens (tertiary/aromatic N) is 6. The molecular weight excluding hydrogens is 400 g/mol. The molecule has 0 saturated heterocycles. The molecule has 0 aliphatic rings. The average molecular weight is 422 g/mol. The molecule has 0 spiro atoms. The molecule has 0 N–H and O–H groups in total. The highest BCUT2D eigenvalue weighted by Gasteiger charge is 2.12. The van der Waals surface area contributed by atoms with Gasteiger partial charge >= 0.3 is 0 Å². The second-order valence-corrected chi connectivity index (χ2v) is 7.78. The van der Waals surface area contributed by atoms with E-state index in [1.165, 1.54) is 11.3 Å². The summed E-state index contributed by atoms with van der Waals surface area (Å²) < 4.78 is 7.32. The zero-order valence-electron chi connectivity index (χ0n) is 18.0. The van der Waals surface area contributed by atoms with Crippen molar-refractivity contribution in [2.75, 3.05) is 19.0 Å². The Kier molecular flexibility index (Phi) is 5.26. The number of aryl methyl sites for hydroxylation is 2. The first-order chi connectivity index (χ1) is 15.7. The Morgan fingerprint density at radius 3 is 2.72 bits per heavy atom. The summed E-state index contributed by atoms with van der Waals surface area (Å²) in [4.78, 5) is 10.8. The number of anilines is 1. The van der Waals surface area contributed by atoms with Crippen LogP contribution in [0.1, 0.15) is 28.9 Å². The average Bonchev–Trinajstić information content (AvgIpc) is 3.43. The Hall–Kier alpha value is -4.18. The Labute approximate surface area is 185 Å². The number of fused-ring (bicyclic) bond motifs is 2. The predicted molar refractivity (Wildman–Crippen MR) is 124 cm³/mol. The van der Waals surface area contributed by atoms with Crippen molar-refractivity contribution < 1.29 is 4.52 Å². The monoisotopic (exact) mass is 422 g/mol. The highest BCUT2D eigenvalue weighted by molar-refractivity contribution is 5.83. The maximum Gasteiger partial charge on any atom is 0.201 e. The van der Waals surface area contributed by atoms with Crippen LogP contribution in [-0.2, 0) is 12.8 Å². The fourth-order valence-corrected chi connectivity index (χ4v) is 3.65. The van der Waals surface area contributed by atoms with Crippen molar-refractivity contribution >= 4 is 22.3 Å². The van der Waals surface area contributed by atoms with Crippen molar-refractivity contribution in [3.05, 3.63) is 83.7 Å². The van der Waals surface area contributed by atoms with Crippen LogP contribution in [-0.4, -0.2) is 38.8 Å². The number of hydrogen-bond acceptors (Lipinski definition) is 6. The van der Waals surface area contributed by atoms with Crippen LogP contribution >= 0.6 is 0 Å². The number of hydrogen-bond donors (Lipinski definition) is 0. The first-order valence-electron chi connectivity index (χ1n) is 10.5. The van der Waals surface area contributed by atoms with E-state index in [-0.39, 0.29) is 0 Å². The summed E-state index contributed by atoms with van der Waals surface area (Å²) in [7, 11) is 4.10. The van der Waals surface area contributed by atoms with E-state index >= 15 is 0 Å². The molecule has 32 heavy (non-hydrogen) atoms. The SMILES string of the molecule is CN(C)c1ccc(CCCc2noc3c(C#Cc4cnn5cccnc45)nccc23)cc1. The second kappa shape index (κ2) is 8.52. The van der Waals surface area contributed by atoms with Gasteiger partial charge in [-0.1, -0.05) is 23.2 Å². The highest BCUT2D eigenvalue weighted by atomic mass is 16.5. The van der Waals surface area contributed by atoms with Gasteiger partial charge in [0.2, 0.25) is 5.58 Å². The minimum Gasteiger partial charge on any atom is -0.378 e. The van der Waals surface area contributed by atoms with Crippen molar-refractivity contribution in [1.82, 2.24) is 24.7 Å². The summed E-state index contributed by atoms with van der Waals surface area (Å²) >= 11 is 0. The second-order valence-electron chi connectivity index (χ2n) is 7.78. The van der Waals surface area contributed by atoms with Crippen LogP contribution in [0.4, 0.5) is 5.69 Å². The van der Waals surface area contributed by atoms with Gasteiger partial charge in [-0.2, -0.15) is 5.10 Å². The van der Waals surface area contributed by atoms with Gasteiger partial charge in [0.05, 0.1) is 17.5 Å². The summed E-state index contributed by atoms with van der Waals surface area (Å²) in [5, 5.41) is 9.53. The molecule has 1 aromatic carbocycles. The third kappa shape index (κ3) is 3.91. The van der Waals surface area contributed by atoms with Gasteiger partial charge in [-0.3, -0.25) is 0 Å². The van der Waals surface area contributed by atoms with Crippen LogP contribution in [0.5, 0.6) is 0 Å². The van der Waals surface area contributed by atoms with Crippen molar-refractivity contribution in [2.24, 2.45) is 0 Å². The summed E-state index contributed by atoms with van der Waals surface area (Å²) in [5.41, 5.74) is 6.10. The van der Waals surface area contributed by atoms with Gasteiger partial charge in [-0.05, 0) is 55.0 Å². The minimum absolute atomic E-state index is 0.566. The molecule has 7 heteroatoms. The van der Waals surface area contributed by atoms with E-state index in [9.17, 15) is 0 Å². The number of benzene rings is 1. The van der Waals surface area contributed by atoms with E-state index in [2.05, 4.69) is 61.2 Å². The van der Waals surface area contributed by atoms with E-state index in [1.807, 2.05) is 32.4 Å². The molecule has 0 radical (unpaired) electrons. The zero-order valence-corrected chi connectivity index (χ0v) is 18.0. The van der Waals surface area contributed by atoms with Crippen LogP contribution in [0, 0.1) is 11.8 Å². The fraction of sp³-hybridized carbons (Fsp3) is 0.200. The van der Waals surface area contributed by atoms with Crippen molar-refractivity contribution in [3.63, 3.8) is 0 Å². The molecule has 158 valence electrons. The Morgan fingerprint density at radius 1 is 1.00 bits per heavy atom. The maximum absolute atomic E-state index is 5.63. The molecular formula is C25H22N6O. The first kappa shape index (κ1) is 19.8. The van der Waals surface area contributed by atoms with E-state index in [4.69, 9.17) is 4.52 Å². The molecule has 5 rings (SSSR count). The topological polar surface area (TPSA) is 72.4 Å². The summed E-state index contributed by atoms with van der Waals surface area (Å²) in [6.45, 7) is 0. The molecule has 0 fully saturated rings. The van der Waals surface area contributed by atoms with Crippen molar-refractivity contribution in [1.29, 1.82) is 0 Å². The van der Waals surface area contributed by atoms with Crippen LogP contribution < -0.4 is 4.90 Å². The normalized spacial score (nSPS) is 10.9. The smallest absolute Gasteiger partial charge is 0.201 e. The van der Waals surface area contributed by atoms with Gasteiger partial charge in [0.1, 0.15) is 0 Å². The summed E-state index contributed by atoms with van der Waals surface area (Å²) in [5.74, 6) is 6.21. The van der Waals surface area contributed by atoms with Crippen LogP contribution in [0.15, 0.2) is 65.7 Å². The largest absolute Gasteiger partial charge is 0.378 e. The van der Waals surface area contributed by atoms with Gasteiger partial charge in [-0.15, -0.1) is 0 Å². The quantitative estimate of drug-likeness (QED) is 0.400. The maximum atomic E-state index is 5.63. The number of pyridine rings is 1. The first-order valence-corrected chi connectivity index (χ1v) is 10.5. The van der Waals surface area contributed by atoms with Gasteiger partial charge in [0.25, 0.3) is 0 Å². The molecule has 4 heterocycles. The van der Waals surface area contributed by atoms with Crippen LogP contribution in [0.3, 0.4) is 0 Å². The lowest BCUT2D eigenvalue weighted by Crippen LogP contribution is -2.08. The van der Waals surface area contributed by atoms with Crippen LogP contribution in [0.2, 0.25) is 0 Å². The van der Waals surface area contributed by atoms with Crippen molar-refractivity contribution in [3.8, 4) is 11.8 Å². The lowest BCUT2D eigenvalue weighted by atomic mass is 10.0. The van der Waals surface area contributed by atoms with Gasteiger partial charge < -0.3 is 9.42 Å². The molecule has 4 aromatic heterocycles. The van der Waals surface area contributed by atoms with Crippen LogP contribution in [0.25, 0.3) is 16.6 Å². The molecule has 0 bridgehead atoms. The number of rotatable bonds is 5. The third-order valence-electron chi connectivity index (χ3n) is 5.39. The van der Waals surface area contributed by atoms with E-state index in [0.717, 1.165) is 35.9 Å². The van der Waals surface area contributed by atoms with Gasteiger partial charge in [-0.25, -0.2) is 14.5 Å². The number of aromatic nitrogens is 5.